The Balaban J connectivity index is 3.99. The van der Waals surface area contributed by atoms with Gasteiger partial charge in [0.05, 0.1) is 13.2 Å². The number of rotatable bonds is 65. The Bertz CT molecular complexity index is 2070. The molecule has 0 heterocycles. The van der Waals surface area contributed by atoms with E-state index >= 15 is 0 Å². The summed E-state index contributed by atoms with van der Waals surface area (Å²) in [5.41, 5.74) is 5.40. The van der Waals surface area contributed by atoms with Crippen molar-refractivity contribution in [2.24, 2.45) is 5.73 Å². The van der Waals surface area contributed by atoms with Gasteiger partial charge in [0.1, 0.15) is 6.61 Å². The van der Waals surface area contributed by atoms with Gasteiger partial charge in [-0.15, -0.1) is 0 Å². The minimum absolute atomic E-state index is 0.0432. The molecule has 504 valence electrons. The van der Waals surface area contributed by atoms with Crippen LogP contribution in [0.2, 0.25) is 0 Å². The van der Waals surface area contributed by atoms with E-state index in [2.05, 4.69) is 184 Å². The second-order valence-electron chi connectivity index (χ2n) is 23.0. The number of nitrogens with two attached hydrogens (primary N) is 1. The van der Waals surface area contributed by atoms with Crippen molar-refractivity contribution in [2.75, 3.05) is 26.4 Å². The summed E-state index contributed by atoms with van der Waals surface area (Å²) in [6.07, 6.45) is 107. The molecule has 0 aliphatic heterocycles. The molecule has 0 saturated heterocycles. The number of phosphoric ester groups is 1. The van der Waals surface area contributed by atoms with Gasteiger partial charge >= 0.3 is 19.8 Å². The van der Waals surface area contributed by atoms with Crippen molar-refractivity contribution in [2.45, 2.75) is 290 Å². The molecule has 0 aromatic heterocycles. The highest BCUT2D eigenvalue weighted by molar-refractivity contribution is 7.47. The Morgan fingerprint density at radius 2 is 0.618 bits per heavy atom. The van der Waals surface area contributed by atoms with Gasteiger partial charge in [-0.2, -0.15) is 0 Å². The molecule has 0 bridgehead atoms. The molecule has 0 rings (SSSR count). The Hall–Kier alpha value is -4.63. The van der Waals surface area contributed by atoms with E-state index in [4.69, 9.17) is 24.3 Å². The van der Waals surface area contributed by atoms with E-state index in [0.717, 1.165) is 135 Å². The van der Waals surface area contributed by atoms with Crippen LogP contribution in [0.25, 0.3) is 0 Å². The molecule has 0 radical (unpaired) electrons. The Morgan fingerprint density at radius 1 is 0.348 bits per heavy atom. The zero-order chi connectivity index (χ0) is 64.4. The first-order chi connectivity index (χ1) is 43.8. The summed E-state index contributed by atoms with van der Waals surface area (Å²) < 4.78 is 33.2. The molecule has 10 heteroatoms. The molecule has 2 unspecified atom stereocenters. The van der Waals surface area contributed by atoms with Gasteiger partial charge in [-0.1, -0.05) is 306 Å². The molecule has 9 nitrogen and oxygen atoms in total. The molecule has 89 heavy (non-hydrogen) atoms. The number of hydrogen-bond donors (Lipinski definition) is 2. The summed E-state index contributed by atoms with van der Waals surface area (Å²) in [6.45, 7) is 3.60. The molecule has 0 aromatic rings. The fraction of sp³-hybridized carbons (Fsp3) is 0.620. The van der Waals surface area contributed by atoms with E-state index in [1.165, 1.54) is 116 Å². The average Bonchev–Trinajstić information content (AvgIpc) is 3.58. The quantitative estimate of drug-likeness (QED) is 0.0264. The monoisotopic (exact) mass is 1250 g/mol. The summed E-state index contributed by atoms with van der Waals surface area (Å²) >= 11 is 0. The van der Waals surface area contributed by atoms with E-state index in [0.29, 0.717) is 6.42 Å². The van der Waals surface area contributed by atoms with Crippen LogP contribution in [0.4, 0.5) is 0 Å². The van der Waals surface area contributed by atoms with Crippen LogP contribution in [0.15, 0.2) is 170 Å². The number of allylic oxidation sites excluding steroid dienone is 28. The number of esters is 2. The number of carbonyl (C=O) groups excluding carboxylic acids is 2. The lowest BCUT2D eigenvalue weighted by Gasteiger charge is -2.19. The molecule has 0 amide bonds. The summed E-state index contributed by atoms with van der Waals surface area (Å²) in [7, 11) is -4.41. The third-order valence-electron chi connectivity index (χ3n) is 14.6. The number of carbonyl (C=O) groups is 2. The Morgan fingerprint density at radius 3 is 0.921 bits per heavy atom. The zero-order valence-corrected chi connectivity index (χ0v) is 57.5. The standard InChI is InChI=1S/C79H130NO8P/c1-3-5-7-9-11-13-15-17-19-21-23-25-27-29-31-32-33-34-35-36-37-38-39-40-41-42-43-44-46-48-50-52-54-56-58-60-62-64-66-68-70-72-79(82)88-77(76-87-89(83,84)86-74-73-80)75-85-78(81)71-69-67-65-63-61-59-57-55-53-51-49-47-45-30-28-26-24-22-20-18-16-14-12-10-8-6-4-2/h5,7,11,13,16-19,22-25,28-31,33-34,36-37,39-40,42-43,46,48,52,54,77H,3-4,6,8-10,12,14-15,20-21,26-27,32,35,38,41,44-45,47,49-51,53,55-76,80H2,1-2H3,(H,83,84)/b7-5-,13-11-,18-16-,19-17-,24-22-,25-23-,30-28-,31-29-,34-33-,37-36-,40-39-,43-42-,48-46-,54-52-. The van der Waals surface area contributed by atoms with E-state index in [1.807, 2.05) is 0 Å². The molecule has 0 saturated carbocycles. The van der Waals surface area contributed by atoms with Crippen LogP contribution >= 0.6 is 7.82 Å². The summed E-state index contributed by atoms with van der Waals surface area (Å²) in [6, 6.07) is 0. The molecule has 2 atom stereocenters. The van der Waals surface area contributed by atoms with E-state index in [9.17, 15) is 19.0 Å². The van der Waals surface area contributed by atoms with Crippen LogP contribution in [-0.4, -0.2) is 49.3 Å². The third kappa shape index (κ3) is 72.3. The molecular weight excluding hydrogens is 1120 g/mol. The minimum Gasteiger partial charge on any atom is -0.462 e. The predicted octanol–water partition coefficient (Wildman–Crippen LogP) is 23.7. The van der Waals surface area contributed by atoms with Crippen molar-refractivity contribution >= 4 is 19.8 Å². The molecule has 0 aliphatic carbocycles. The largest absolute Gasteiger partial charge is 0.472 e. The maximum Gasteiger partial charge on any atom is 0.472 e. The second-order valence-corrected chi connectivity index (χ2v) is 24.5. The molecule has 0 aromatic carbocycles. The van der Waals surface area contributed by atoms with Crippen molar-refractivity contribution in [1.29, 1.82) is 0 Å². The fourth-order valence-corrected chi connectivity index (χ4v) is 10.1. The van der Waals surface area contributed by atoms with Crippen molar-refractivity contribution < 1.29 is 37.6 Å². The fourth-order valence-electron chi connectivity index (χ4n) is 9.35. The smallest absolute Gasteiger partial charge is 0.462 e. The van der Waals surface area contributed by atoms with Crippen LogP contribution in [0.1, 0.15) is 284 Å². The topological polar surface area (TPSA) is 134 Å². The van der Waals surface area contributed by atoms with Crippen molar-refractivity contribution in [3.63, 3.8) is 0 Å². The number of ether oxygens (including phenoxy) is 2. The molecule has 0 fully saturated rings. The van der Waals surface area contributed by atoms with Gasteiger partial charge in [-0.25, -0.2) is 4.57 Å². The number of hydrogen-bond acceptors (Lipinski definition) is 8. The van der Waals surface area contributed by atoms with Gasteiger partial charge in [0.15, 0.2) is 6.10 Å². The Kier molecular flexibility index (Phi) is 68.7. The third-order valence-corrected chi connectivity index (χ3v) is 15.6. The molecule has 0 spiro atoms. The van der Waals surface area contributed by atoms with Crippen LogP contribution in [0, 0.1) is 0 Å². The highest BCUT2D eigenvalue weighted by atomic mass is 31.2. The summed E-state index contributed by atoms with van der Waals surface area (Å²) in [5.74, 6) is -0.848. The lowest BCUT2D eigenvalue weighted by molar-refractivity contribution is -0.161. The maximum atomic E-state index is 12.8. The highest BCUT2D eigenvalue weighted by Gasteiger charge is 2.26. The lowest BCUT2D eigenvalue weighted by atomic mass is 10.0. The van der Waals surface area contributed by atoms with E-state index in [1.54, 1.807) is 0 Å². The normalized spacial score (nSPS) is 14.0. The van der Waals surface area contributed by atoms with Crippen LogP contribution in [0.5, 0.6) is 0 Å². The summed E-state index contributed by atoms with van der Waals surface area (Å²) in [4.78, 5) is 35.4. The average molecular weight is 1250 g/mol. The van der Waals surface area contributed by atoms with Crippen LogP contribution in [0.3, 0.4) is 0 Å². The van der Waals surface area contributed by atoms with Crippen molar-refractivity contribution in [3.8, 4) is 0 Å². The van der Waals surface area contributed by atoms with Gasteiger partial charge in [0, 0.05) is 19.4 Å². The van der Waals surface area contributed by atoms with Crippen molar-refractivity contribution in [3.05, 3.63) is 170 Å². The highest BCUT2D eigenvalue weighted by Crippen LogP contribution is 2.43. The second kappa shape index (κ2) is 72.4. The zero-order valence-electron chi connectivity index (χ0n) is 56.6. The Labute approximate surface area is 546 Å². The predicted molar refractivity (Wildman–Crippen MR) is 385 cm³/mol. The number of unbranched alkanes of at least 4 members (excludes halogenated alkanes) is 24. The molecular formula is C79H130NO8P. The van der Waals surface area contributed by atoms with Gasteiger partial charge in [-0.05, 0) is 135 Å². The molecule has 3 N–H and O–H groups in total. The van der Waals surface area contributed by atoms with Gasteiger partial charge in [-0.3, -0.25) is 18.6 Å². The van der Waals surface area contributed by atoms with Crippen LogP contribution < -0.4 is 5.73 Å². The first-order valence-corrected chi connectivity index (χ1v) is 37.1. The van der Waals surface area contributed by atoms with Gasteiger partial charge < -0.3 is 20.1 Å². The van der Waals surface area contributed by atoms with Gasteiger partial charge in [0.25, 0.3) is 0 Å². The van der Waals surface area contributed by atoms with Crippen molar-refractivity contribution in [1.82, 2.24) is 0 Å². The van der Waals surface area contributed by atoms with E-state index in [-0.39, 0.29) is 38.6 Å². The summed E-state index contributed by atoms with van der Waals surface area (Å²) in [5, 5.41) is 0. The van der Waals surface area contributed by atoms with Crippen LogP contribution in [-0.2, 0) is 32.7 Å². The first kappa shape index (κ1) is 84.4. The first-order valence-electron chi connectivity index (χ1n) is 35.6. The lowest BCUT2D eigenvalue weighted by Crippen LogP contribution is -2.29. The van der Waals surface area contributed by atoms with E-state index < -0.39 is 26.5 Å². The van der Waals surface area contributed by atoms with Gasteiger partial charge in [0.2, 0.25) is 0 Å². The molecule has 0 aliphatic rings. The maximum absolute atomic E-state index is 12.8. The number of phosphoric acid groups is 1. The SMILES string of the molecule is CC/C=C\C/C=C\C/C=C\C/C=C\C/C=C\C/C=C\C/C=C\C/C=C\C/C=C\C/C=C\C/C=C\CCCCCCCCCC(=O)OC(COC(=O)CCCCCCCCCCCCCC/C=C\C/C=C\C/C=C\CCCCCCC)COP(=O)(O)OCCN. The minimum atomic E-state index is -4.41.